The molecule has 0 radical (unpaired) electrons. The third kappa shape index (κ3) is 10.4. The number of aromatic nitrogens is 5. The minimum Gasteiger partial charge on any atom is -0.447 e. The lowest BCUT2D eigenvalue weighted by molar-refractivity contribution is -0.123. The van der Waals surface area contributed by atoms with Gasteiger partial charge in [-0.3, -0.25) is 14.7 Å². The highest BCUT2D eigenvalue weighted by atomic mass is 35.5. The molecule has 1 atom stereocenters. The molecule has 12 nitrogen and oxygen atoms in total. The minimum absolute atomic E-state index is 0.0176. The Labute approximate surface area is 297 Å². The van der Waals surface area contributed by atoms with Gasteiger partial charge in [-0.1, -0.05) is 50.6 Å². The van der Waals surface area contributed by atoms with E-state index in [-0.39, 0.29) is 39.8 Å². The summed E-state index contributed by atoms with van der Waals surface area (Å²) in [4.78, 5) is 35.6. The van der Waals surface area contributed by atoms with Gasteiger partial charge in [-0.2, -0.15) is 32.1 Å². The molecule has 0 aliphatic heterocycles. The van der Waals surface area contributed by atoms with E-state index in [0.717, 1.165) is 22.1 Å². The van der Waals surface area contributed by atoms with Crippen molar-refractivity contribution in [2.24, 2.45) is 16.1 Å². The Morgan fingerprint density at radius 1 is 1.04 bits per heavy atom. The highest BCUT2D eigenvalue weighted by Crippen LogP contribution is 2.32. The highest BCUT2D eigenvalue weighted by Gasteiger charge is 2.33. The molecule has 0 aliphatic rings. The molecule has 2 aromatic carbocycles. The van der Waals surface area contributed by atoms with Gasteiger partial charge in [-0.05, 0) is 47.2 Å². The quantitative estimate of drug-likeness (QED) is 0.0874. The fourth-order valence-corrected chi connectivity index (χ4v) is 4.91. The van der Waals surface area contributed by atoms with Crippen LogP contribution in [-0.4, -0.2) is 73.3 Å². The van der Waals surface area contributed by atoms with Crippen molar-refractivity contribution in [2.75, 3.05) is 19.7 Å². The molecule has 20 heteroatoms. The highest BCUT2D eigenvalue weighted by molar-refractivity contribution is 6.32. The van der Waals surface area contributed by atoms with Crippen molar-refractivity contribution in [3.8, 4) is 16.8 Å². The molecule has 52 heavy (non-hydrogen) atoms. The molecule has 4 rings (SSSR count). The summed E-state index contributed by atoms with van der Waals surface area (Å²) < 4.78 is 98.5. The molecule has 0 spiro atoms. The molecule has 2 amide bonds. The monoisotopic (exact) mass is 759 g/mol. The van der Waals surface area contributed by atoms with Crippen molar-refractivity contribution >= 4 is 29.6 Å². The average molecular weight is 760 g/mol. The van der Waals surface area contributed by atoms with Crippen molar-refractivity contribution in [1.29, 1.82) is 0 Å². The van der Waals surface area contributed by atoms with Crippen LogP contribution in [0.5, 0.6) is 0 Å². The zero-order chi connectivity index (χ0) is 38.4. The number of carbonyl (C=O) groups is 2. The summed E-state index contributed by atoms with van der Waals surface area (Å²) in [5.74, 6) is -1.98. The van der Waals surface area contributed by atoms with Crippen LogP contribution >= 0.6 is 11.6 Å². The molecule has 0 fully saturated rings. The second-order valence-electron chi connectivity index (χ2n) is 12.4. The molecule has 0 saturated carbocycles. The second-order valence-corrected chi connectivity index (χ2v) is 12.8. The number of aliphatic imine (C=N–C) groups is 1. The number of nitrogens with two attached hydrogens (primary N) is 1. The van der Waals surface area contributed by atoms with Gasteiger partial charge in [0.2, 0.25) is 0 Å². The van der Waals surface area contributed by atoms with E-state index in [1.165, 1.54) is 48.7 Å². The lowest BCUT2D eigenvalue weighted by Gasteiger charge is -2.32. The lowest BCUT2D eigenvalue weighted by Crippen LogP contribution is -2.47. The smallest absolute Gasteiger partial charge is 0.407 e. The molecule has 0 unspecified atom stereocenters. The van der Waals surface area contributed by atoms with E-state index in [4.69, 9.17) is 22.1 Å². The standard InChI is InChI=1S/C32H33ClF7N9O3/c1-31(2,3)10-11-42-29(41)48(27(50)19-6-4-18(5-7-19)21-13-45-47(14-21)28(36)37)24(15-52-30(51)43-16-32(38,39)40)20-8-9-22(33)23(12-20)49-26(25(34)35)44-17-46-49/h4-9,12-14,17,24-25,28H,10-11,15-16H2,1-3H3,(H2,41,42)(H,43,51)/t24-/m1/s1. The molecule has 0 bridgehead atoms. The maximum Gasteiger partial charge on any atom is 0.407 e. The molecular weight excluding hydrogens is 727 g/mol. The van der Waals surface area contributed by atoms with Crippen LogP contribution in [0.25, 0.3) is 16.8 Å². The van der Waals surface area contributed by atoms with Crippen LogP contribution in [0.15, 0.2) is 66.2 Å². The van der Waals surface area contributed by atoms with E-state index in [1.54, 1.807) is 5.32 Å². The Bertz CT molecular complexity index is 1870. The Morgan fingerprint density at radius 2 is 1.73 bits per heavy atom. The number of nitrogens with zero attached hydrogens (tertiary/aromatic N) is 7. The zero-order valence-corrected chi connectivity index (χ0v) is 28.5. The first-order valence-electron chi connectivity index (χ1n) is 15.4. The number of amides is 2. The second kappa shape index (κ2) is 16.4. The van der Waals surface area contributed by atoms with Crippen LogP contribution in [0, 0.1) is 5.41 Å². The van der Waals surface area contributed by atoms with Gasteiger partial charge in [0, 0.05) is 23.9 Å². The third-order valence-corrected chi connectivity index (χ3v) is 7.66. The van der Waals surface area contributed by atoms with E-state index >= 15 is 0 Å². The molecule has 3 N–H and O–H groups in total. The maximum atomic E-state index is 14.3. The van der Waals surface area contributed by atoms with E-state index in [2.05, 4.69) is 20.2 Å². The van der Waals surface area contributed by atoms with E-state index < -0.39 is 56.2 Å². The van der Waals surface area contributed by atoms with Crippen LogP contribution in [-0.2, 0) is 4.74 Å². The summed E-state index contributed by atoms with van der Waals surface area (Å²) in [7, 11) is 0. The van der Waals surface area contributed by atoms with E-state index in [9.17, 15) is 40.3 Å². The Kier molecular flexibility index (Phi) is 12.5. The number of benzene rings is 2. The molecule has 2 aromatic heterocycles. The fraction of sp³-hybridized carbons (Fsp3) is 0.375. The molecular formula is C32H33ClF7N9O3. The van der Waals surface area contributed by atoms with Gasteiger partial charge in [-0.25, -0.2) is 27.9 Å². The van der Waals surface area contributed by atoms with Gasteiger partial charge < -0.3 is 15.8 Å². The first-order chi connectivity index (χ1) is 24.3. The summed E-state index contributed by atoms with van der Waals surface area (Å²) in [6, 6.07) is 8.08. The number of ether oxygens (including phenoxy) is 1. The summed E-state index contributed by atoms with van der Waals surface area (Å²) in [6.07, 6.45) is -5.64. The van der Waals surface area contributed by atoms with Crippen LogP contribution < -0.4 is 11.1 Å². The van der Waals surface area contributed by atoms with Crippen molar-refractivity contribution in [3.05, 3.63) is 83.2 Å². The Balaban J connectivity index is 1.81. The summed E-state index contributed by atoms with van der Waals surface area (Å²) in [5, 5.41) is 8.92. The average Bonchev–Trinajstić information content (AvgIpc) is 3.76. The van der Waals surface area contributed by atoms with Gasteiger partial charge in [0.1, 0.15) is 19.5 Å². The van der Waals surface area contributed by atoms with Gasteiger partial charge in [-0.15, -0.1) is 0 Å². The fourth-order valence-electron chi connectivity index (χ4n) is 4.71. The van der Waals surface area contributed by atoms with Crippen LogP contribution in [0.4, 0.5) is 35.5 Å². The summed E-state index contributed by atoms with van der Waals surface area (Å²) in [6.45, 7) is 0.543. The van der Waals surface area contributed by atoms with Crippen molar-refractivity contribution in [3.63, 3.8) is 0 Å². The molecule has 2 heterocycles. The summed E-state index contributed by atoms with van der Waals surface area (Å²) in [5.41, 5.74) is 6.90. The van der Waals surface area contributed by atoms with Gasteiger partial charge >= 0.3 is 18.8 Å². The van der Waals surface area contributed by atoms with E-state index in [1.807, 2.05) is 20.8 Å². The number of guanidine groups is 1. The SMILES string of the molecule is CC(C)(C)CCN=C(N)N(C(=O)c1ccc(-c2cnn(C(F)F)c2)cc1)[C@H](COC(=O)NCC(F)(F)F)c1ccc(Cl)c(-n2ncnc2C(F)F)c1. The van der Waals surface area contributed by atoms with Crippen LogP contribution in [0.2, 0.25) is 5.02 Å². The van der Waals surface area contributed by atoms with Crippen molar-refractivity contribution < 1.29 is 45.1 Å². The topological polar surface area (TPSA) is 146 Å². The predicted molar refractivity (Wildman–Crippen MR) is 175 cm³/mol. The van der Waals surface area contributed by atoms with Crippen molar-refractivity contribution in [1.82, 2.24) is 34.8 Å². The van der Waals surface area contributed by atoms with Gasteiger partial charge in [0.15, 0.2) is 11.8 Å². The summed E-state index contributed by atoms with van der Waals surface area (Å²) >= 11 is 6.36. The molecule has 0 saturated heterocycles. The maximum absolute atomic E-state index is 14.3. The van der Waals surface area contributed by atoms with E-state index in [0.29, 0.717) is 22.2 Å². The van der Waals surface area contributed by atoms with Gasteiger partial charge in [0.25, 0.3) is 12.3 Å². The molecule has 4 aromatic rings. The molecule has 0 aliphatic carbocycles. The number of alkyl halides is 7. The van der Waals surface area contributed by atoms with Crippen molar-refractivity contribution in [2.45, 2.75) is 52.4 Å². The number of hydrogen-bond acceptors (Lipinski definition) is 7. The number of halogens is 8. The number of alkyl carbamates (subject to hydrolysis) is 1. The number of rotatable bonds is 12. The van der Waals surface area contributed by atoms with Gasteiger partial charge in [0.05, 0.1) is 22.9 Å². The predicted octanol–water partition coefficient (Wildman–Crippen LogP) is 7.34. The number of carbonyl (C=O) groups excluding carboxylic acids is 2. The van der Waals surface area contributed by atoms with Crippen LogP contribution in [0.1, 0.15) is 68.0 Å². The largest absolute Gasteiger partial charge is 0.447 e. The lowest BCUT2D eigenvalue weighted by atomic mass is 9.92. The number of nitrogens with one attached hydrogen (secondary N) is 1. The first kappa shape index (κ1) is 39.6. The normalized spacial score (nSPS) is 13.1. The Morgan fingerprint density at radius 3 is 2.33 bits per heavy atom. The first-order valence-corrected chi connectivity index (χ1v) is 15.7. The number of hydrogen-bond donors (Lipinski definition) is 2. The molecule has 280 valence electrons. The minimum atomic E-state index is -4.76. The Hall–Kier alpha value is -5.20. The van der Waals surface area contributed by atoms with Crippen LogP contribution in [0.3, 0.4) is 0 Å². The zero-order valence-electron chi connectivity index (χ0n) is 27.8. The third-order valence-electron chi connectivity index (χ3n) is 7.34.